The maximum absolute atomic E-state index is 13.4. The van der Waals surface area contributed by atoms with E-state index in [-0.39, 0.29) is 51.6 Å². The fourth-order valence-corrected chi connectivity index (χ4v) is 4.40. The number of halogens is 2. The summed E-state index contributed by atoms with van der Waals surface area (Å²) in [4.78, 5) is 48.7. The van der Waals surface area contributed by atoms with Gasteiger partial charge >= 0.3 is 5.97 Å². The number of nitrogens with zero attached hydrogens (tertiary/aromatic N) is 4. The van der Waals surface area contributed by atoms with Crippen molar-refractivity contribution in [3.63, 3.8) is 0 Å². The number of fused-ring (bicyclic) bond motifs is 2. The molecule has 0 aliphatic heterocycles. The molecule has 0 aliphatic rings. The smallest absolute Gasteiger partial charge is 0.341 e. The number of pyridine rings is 2. The molecule has 0 bridgehead atoms. The zero-order chi connectivity index (χ0) is 28.1. The molecule has 0 radical (unpaired) electrons. The van der Waals surface area contributed by atoms with Gasteiger partial charge in [-0.05, 0) is 56.7 Å². The van der Waals surface area contributed by atoms with Gasteiger partial charge < -0.3 is 18.8 Å². The van der Waals surface area contributed by atoms with E-state index in [4.69, 9.17) is 37.4 Å². The Morgan fingerprint density at radius 3 is 2.67 bits per heavy atom. The van der Waals surface area contributed by atoms with Crippen LogP contribution in [-0.2, 0) is 20.8 Å². The third-order valence-corrected chi connectivity index (χ3v) is 6.31. The van der Waals surface area contributed by atoms with Crippen LogP contribution in [0, 0.1) is 0 Å². The van der Waals surface area contributed by atoms with Gasteiger partial charge in [0.25, 0.3) is 11.5 Å². The number of hydrogen-bond donors (Lipinski definition) is 0. The monoisotopic (exact) mass is 572 g/mol. The molecule has 0 aliphatic carbocycles. The number of carbonyl (C=O) groups is 2. The Labute approximate surface area is 233 Å². The number of benzene rings is 1. The fourth-order valence-electron chi connectivity index (χ4n) is 3.94. The van der Waals surface area contributed by atoms with Crippen molar-refractivity contribution in [2.24, 2.45) is 4.99 Å². The van der Waals surface area contributed by atoms with Gasteiger partial charge in [-0.2, -0.15) is 4.99 Å². The summed E-state index contributed by atoms with van der Waals surface area (Å²) in [5.74, 6) is -1.18. The second-order valence-electron chi connectivity index (χ2n) is 8.47. The molecule has 1 atom stereocenters. The second-order valence-corrected chi connectivity index (χ2v) is 9.31. The van der Waals surface area contributed by atoms with Crippen LogP contribution in [-0.4, -0.2) is 52.3 Å². The van der Waals surface area contributed by atoms with Crippen LogP contribution in [0.25, 0.3) is 16.7 Å². The van der Waals surface area contributed by atoms with Crippen LogP contribution in [0.5, 0.6) is 5.75 Å². The predicted molar refractivity (Wildman–Crippen MR) is 147 cm³/mol. The van der Waals surface area contributed by atoms with E-state index < -0.39 is 18.0 Å². The lowest BCUT2D eigenvalue weighted by Crippen LogP contribution is -2.35. The molecule has 0 saturated heterocycles. The predicted octanol–water partition coefficient (Wildman–Crippen LogP) is 4.06. The first-order valence-corrected chi connectivity index (χ1v) is 12.9. The molecule has 1 amide bonds. The highest BCUT2D eigenvalue weighted by Crippen LogP contribution is 2.28. The highest BCUT2D eigenvalue weighted by molar-refractivity contribution is 6.35. The molecule has 12 heteroatoms. The number of hydrogen-bond acceptors (Lipinski definition) is 7. The summed E-state index contributed by atoms with van der Waals surface area (Å²) in [6, 6.07) is 11.1. The minimum atomic E-state index is -1.07. The average molecular weight is 573 g/mol. The van der Waals surface area contributed by atoms with Crippen molar-refractivity contribution in [3.05, 3.63) is 80.1 Å². The lowest BCUT2D eigenvalue weighted by atomic mass is 10.2. The Morgan fingerprint density at radius 2 is 1.95 bits per heavy atom. The molecule has 3 heterocycles. The molecule has 0 unspecified atom stereocenters. The normalized spacial score (nSPS) is 12.6. The van der Waals surface area contributed by atoms with Crippen molar-refractivity contribution in [1.29, 1.82) is 0 Å². The van der Waals surface area contributed by atoms with Gasteiger partial charge in [-0.3, -0.25) is 14.0 Å². The van der Waals surface area contributed by atoms with Gasteiger partial charge in [-0.1, -0.05) is 29.3 Å². The van der Waals surface area contributed by atoms with E-state index in [9.17, 15) is 14.4 Å². The number of rotatable bonds is 9. The molecule has 10 nitrogen and oxygen atoms in total. The molecule has 0 saturated carbocycles. The SMILES string of the molecule is CCOC(=O)c1cc2c(=O)n3ccccc3nc2n(CCCOC)c1=NC(=O)[C@@H](C)Oc1ccc(Cl)cc1Cl. The first-order chi connectivity index (χ1) is 18.7. The Balaban J connectivity index is 1.94. The molecular formula is C27H26Cl2N4O6. The Hall–Kier alpha value is -3.73. The van der Waals surface area contributed by atoms with E-state index in [1.807, 2.05) is 0 Å². The van der Waals surface area contributed by atoms with Crippen molar-refractivity contribution >= 4 is 51.8 Å². The molecule has 1 aromatic carbocycles. The van der Waals surface area contributed by atoms with Gasteiger partial charge in [0, 0.05) is 31.5 Å². The molecule has 4 rings (SSSR count). The van der Waals surface area contributed by atoms with Crippen molar-refractivity contribution in [3.8, 4) is 5.75 Å². The van der Waals surface area contributed by atoms with Crippen molar-refractivity contribution < 1.29 is 23.8 Å². The van der Waals surface area contributed by atoms with E-state index in [2.05, 4.69) is 9.98 Å². The summed E-state index contributed by atoms with van der Waals surface area (Å²) in [6.07, 6.45) is 1.00. The standard InChI is InChI=1S/C27H26Cl2N4O6/c1-4-38-27(36)19-15-18-23(30-22-8-5-6-11-32(22)26(18)35)33(12-7-13-37-3)24(19)31-25(34)16(2)39-21-10-9-17(28)14-20(21)29/h5-6,8-11,14-16H,4,7,12-13H2,1-3H3/t16-/m1/s1. The van der Waals surface area contributed by atoms with Gasteiger partial charge in [0.15, 0.2) is 11.6 Å². The Bertz CT molecular complexity index is 1680. The Morgan fingerprint density at radius 1 is 1.15 bits per heavy atom. The number of amides is 1. The van der Waals surface area contributed by atoms with E-state index in [0.29, 0.717) is 23.7 Å². The van der Waals surface area contributed by atoms with E-state index in [1.54, 1.807) is 55.1 Å². The maximum Gasteiger partial charge on any atom is 0.341 e. The third kappa shape index (κ3) is 6.13. The summed E-state index contributed by atoms with van der Waals surface area (Å²) < 4.78 is 19.1. The largest absolute Gasteiger partial charge is 0.479 e. The van der Waals surface area contributed by atoms with Crippen LogP contribution >= 0.6 is 23.2 Å². The average Bonchev–Trinajstić information content (AvgIpc) is 2.91. The number of esters is 1. The van der Waals surface area contributed by atoms with Crippen molar-refractivity contribution in [1.82, 2.24) is 14.0 Å². The lowest BCUT2D eigenvalue weighted by Gasteiger charge is -2.16. The quantitative estimate of drug-likeness (QED) is 0.169. The summed E-state index contributed by atoms with van der Waals surface area (Å²) >= 11 is 12.1. The van der Waals surface area contributed by atoms with E-state index in [1.165, 1.54) is 23.5 Å². The summed E-state index contributed by atoms with van der Waals surface area (Å²) in [5.41, 5.74) is 0.212. The molecule has 39 heavy (non-hydrogen) atoms. The van der Waals surface area contributed by atoms with Crippen LogP contribution in [0.1, 0.15) is 30.6 Å². The minimum Gasteiger partial charge on any atom is -0.479 e. The molecular weight excluding hydrogens is 547 g/mol. The summed E-state index contributed by atoms with van der Waals surface area (Å²) in [6.45, 7) is 3.88. The highest BCUT2D eigenvalue weighted by atomic mass is 35.5. The number of aryl methyl sites for hydroxylation is 1. The third-order valence-electron chi connectivity index (χ3n) is 5.78. The van der Waals surface area contributed by atoms with Crippen LogP contribution in [0.4, 0.5) is 0 Å². The van der Waals surface area contributed by atoms with Gasteiger partial charge in [0.1, 0.15) is 22.6 Å². The van der Waals surface area contributed by atoms with Crippen molar-refractivity contribution in [2.45, 2.75) is 32.9 Å². The molecule has 204 valence electrons. The summed E-state index contributed by atoms with van der Waals surface area (Å²) in [7, 11) is 1.56. The molecule has 0 N–H and O–H groups in total. The van der Waals surface area contributed by atoms with Crippen LogP contribution in [0.3, 0.4) is 0 Å². The molecule has 0 fully saturated rings. The fraction of sp³-hybridized carbons (Fsp3) is 0.296. The molecule has 0 spiro atoms. The van der Waals surface area contributed by atoms with Crippen LogP contribution in [0.2, 0.25) is 10.0 Å². The molecule has 4 aromatic rings. The van der Waals surface area contributed by atoms with Gasteiger partial charge in [0.2, 0.25) is 0 Å². The lowest BCUT2D eigenvalue weighted by molar-refractivity contribution is -0.124. The first kappa shape index (κ1) is 28.3. The van der Waals surface area contributed by atoms with E-state index >= 15 is 0 Å². The minimum absolute atomic E-state index is 0.00751. The zero-order valence-electron chi connectivity index (χ0n) is 21.5. The van der Waals surface area contributed by atoms with E-state index in [0.717, 1.165) is 0 Å². The number of aromatic nitrogens is 3. The highest BCUT2D eigenvalue weighted by Gasteiger charge is 2.22. The number of ether oxygens (including phenoxy) is 3. The van der Waals surface area contributed by atoms with Crippen LogP contribution < -0.4 is 15.8 Å². The number of carbonyl (C=O) groups excluding carboxylic acids is 2. The van der Waals surface area contributed by atoms with Gasteiger partial charge in [-0.25, -0.2) is 9.78 Å². The van der Waals surface area contributed by atoms with Gasteiger partial charge in [-0.15, -0.1) is 0 Å². The summed E-state index contributed by atoms with van der Waals surface area (Å²) in [5, 5.41) is 0.813. The number of methoxy groups -OCH3 is 1. The van der Waals surface area contributed by atoms with Gasteiger partial charge in [0.05, 0.1) is 17.0 Å². The Kier molecular flexibility index (Phi) is 9.01. The van der Waals surface area contributed by atoms with Crippen molar-refractivity contribution in [2.75, 3.05) is 20.3 Å². The second kappa shape index (κ2) is 12.4. The van der Waals surface area contributed by atoms with Crippen LogP contribution in [0.15, 0.2) is 58.4 Å². The topological polar surface area (TPSA) is 113 Å². The maximum atomic E-state index is 13.4. The zero-order valence-corrected chi connectivity index (χ0v) is 23.0. The first-order valence-electron chi connectivity index (χ1n) is 12.2. The molecule has 3 aromatic heterocycles.